The van der Waals surface area contributed by atoms with Crippen molar-refractivity contribution in [2.45, 2.75) is 26.9 Å². The van der Waals surface area contributed by atoms with Crippen LogP contribution in [-0.4, -0.2) is 10.8 Å². The third kappa shape index (κ3) is 4.12. The van der Waals surface area contributed by atoms with E-state index in [9.17, 15) is 9.18 Å². The van der Waals surface area contributed by atoms with E-state index in [1.54, 1.807) is 17.4 Å². The molecule has 25 heavy (non-hydrogen) atoms. The highest BCUT2D eigenvalue weighted by atomic mass is 32.1. The summed E-state index contributed by atoms with van der Waals surface area (Å²) in [6, 6.07) is 12.6. The van der Waals surface area contributed by atoms with Gasteiger partial charge in [-0.25, -0.2) is 9.37 Å². The fourth-order valence-corrected chi connectivity index (χ4v) is 3.23. The van der Waals surface area contributed by atoms with Crippen molar-refractivity contribution in [1.82, 2.24) is 4.98 Å². The molecule has 0 bridgehead atoms. The topological polar surface area (TPSA) is 39.2 Å². The highest BCUT2D eigenvalue weighted by Crippen LogP contribution is 2.25. The third-order valence-electron chi connectivity index (χ3n) is 3.87. The fourth-order valence-electron chi connectivity index (χ4n) is 2.42. The van der Waals surface area contributed by atoms with Gasteiger partial charge in [-0.05, 0) is 31.0 Å². The highest BCUT2D eigenvalue weighted by Gasteiger charge is 2.10. The van der Waals surface area contributed by atoms with E-state index in [4.69, 9.17) is 4.74 Å². The van der Waals surface area contributed by atoms with Gasteiger partial charge in [0, 0.05) is 17.0 Å². The number of carbonyl (C=O) groups excluding carboxylic acids is 1. The van der Waals surface area contributed by atoms with Gasteiger partial charge in [0.1, 0.15) is 23.2 Å². The van der Waals surface area contributed by atoms with Crippen LogP contribution < -0.4 is 4.74 Å². The first-order chi connectivity index (χ1) is 12.1. The molecule has 1 aromatic heterocycles. The van der Waals surface area contributed by atoms with Crippen LogP contribution >= 0.6 is 11.3 Å². The molecule has 0 aliphatic heterocycles. The number of aromatic nitrogens is 1. The lowest BCUT2D eigenvalue weighted by Crippen LogP contribution is -2.00. The number of ketones is 1. The summed E-state index contributed by atoms with van der Waals surface area (Å²) in [6.45, 7) is 3.71. The predicted octanol–water partition coefficient (Wildman–Crippen LogP) is 5.29. The lowest BCUT2D eigenvalue weighted by Gasteiger charge is -2.06. The monoisotopic (exact) mass is 355 g/mol. The van der Waals surface area contributed by atoms with Crippen molar-refractivity contribution in [3.05, 3.63) is 70.5 Å². The minimum atomic E-state index is -0.569. The standard InChI is InChI=1S/C20H18FNO2S/c1-3-14-4-6-15(7-5-14)20-22-16(12-25-20)11-24-17-8-9-18(13(2)23)19(21)10-17/h4-10,12H,3,11H2,1-2H3. The molecule has 3 aromatic rings. The molecule has 0 fully saturated rings. The Morgan fingerprint density at radius 1 is 1.20 bits per heavy atom. The second kappa shape index (κ2) is 7.57. The molecule has 0 radical (unpaired) electrons. The maximum atomic E-state index is 13.8. The normalized spacial score (nSPS) is 10.7. The largest absolute Gasteiger partial charge is 0.487 e. The molecule has 0 unspecified atom stereocenters. The Hall–Kier alpha value is -2.53. The third-order valence-corrected chi connectivity index (χ3v) is 4.81. The molecule has 2 aromatic carbocycles. The van der Waals surface area contributed by atoms with Crippen molar-refractivity contribution < 1.29 is 13.9 Å². The summed E-state index contributed by atoms with van der Waals surface area (Å²) in [5.74, 6) is -0.494. The van der Waals surface area contributed by atoms with Crippen LogP contribution in [0.5, 0.6) is 5.75 Å². The number of benzene rings is 2. The summed E-state index contributed by atoms with van der Waals surface area (Å²) in [7, 11) is 0. The van der Waals surface area contributed by atoms with E-state index in [2.05, 4.69) is 36.2 Å². The first-order valence-corrected chi connectivity index (χ1v) is 8.91. The van der Waals surface area contributed by atoms with Crippen LogP contribution in [0.2, 0.25) is 0 Å². The Morgan fingerprint density at radius 2 is 1.96 bits per heavy atom. The van der Waals surface area contributed by atoms with Crippen molar-refractivity contribution in [3.63, 3.8) is 0 Å². The number of carbonyl (C=O) groups is 1. The SMILES string of the molecule is CCc1ccc(-c2nc(COc3ccc(C(C)=O)c(F)c3)cs2)cc1. The molecule has 3 rings (SSSR count). The molecule has 0 saturated heterocycles. The van der Waals surface area contributed by atoms with Gasteiger partial charge in [0.2, 0.25) is 0 Å². The van der Waals surface area contributed by atoms with E-state index >= 15 is 0 Å². The highest BCUT2D eigenvalue weighted by molar-refractivity contribution is 7.13. The van der Waals surface area contributed by atoms with Gasteiger partial charge in [-0.1, -0.05) is 31.2 Å². The fraction of sp³-hybridized carbons (Fsp3) is 0.200. The number of rotatable bonds is 6. The second-order valence-corrected chi connectivity index (χ2v) is 6.54. The molecule has 0 N–H and O–H groups in total. The molecule has 128 valence electrons. The number of thiazole rings is 1. The maximum Gasteiger partial charge on any atom is 0.162 e. The summed E-state index contributed by atoms with van der Waals surface area (Å²) in [5.41, 5.74) is 3.22. The minimum absolute atomic E-state index is 0.0684. The van der Waals surface area contributed by atoms with E-state index in [0.717, 1.165) is 22.7 Å². The van der Waals surface area contributed by atoms with Gasteiger partial charge in [-0.2, -0.15) is 0 Å². The number of hydrogen-bond acceptors (Lipinski definition) is 4. The van der Waals surface area contributed by atoms with Crippen molar-refractivity contribution in [2.75, 3.05) is 0 Å². The average molecular weight is 355 g/mol. The van der Waals surface area contributed by atoms with Gasteiger partial charge in [0.15, 0.2) is 5.78 Å². The Morgan fingerprint density at radius 3 is 2.60 bits per heavy atom. The number of Topliss-reactive ketones (excluding diaryl/α,β-unsaturated/α-hetero) is 1. The van der Waals surface area contributed by atoms with E-state index < -0.39 is 5.82 Å². The zero-order valence-electron chi connectivity index (χ0n) is 14.1. The van der Waals surface area contributed by atoms with Crippen LogP contribution in [0.15, 0.2) is 47.8 Å². The smallest absolute Gasteiger partial charge is 0.162 e. The Labute approximate surface area is 150 Å². The van der Waals surface area contributed by atoms with Crippen LogP contribution in [0.1, 0.15) is 35.5 Å². The lowest BCUT2D eigenvalue weighted by atomic mass is 10.1. The van der Waals surface area contributed by atoms with E-state index in [1.165, 1.54) is 24.6 Å². The molecule has 0 aliphatic carbocycles. The Bertz CT molecular complexity index is 887. The van der Waals surface area contributed by atoms with Crippen molar-refractivity contribution in [1.29, 1.82) is 0 Å². The summed E-state index contributed by atoms with van der Waals surface area (Å²) in [5, 5.41) is 2.86. The quantitative estimate of drug-likeness (QED) is 0.564. The summed E-state index contributed by atoms with van der Waals surface area (Å²) in [6.07, 6.45) is 1.01. The second-order valence-electron chi connectivity index (χ2n) is 5.68. The Kier molecular flexibility index (Phi) is 5.24. The van der Waals surface area contributed by atoms with Gasteiger partial charge in [-0.3, -0.25) is 4.79 Å². The van der Waals surface area contributed by atoms with Crippen LogP contribution in [0.4, 0.5) is 4.39 Å². The molecule has 1 heterocycles. The molecule has 5 heteroatoms. The van der Waals surface area contributed by atoms with E-state index in [-0.39, 0.29) is 18.0 Å². The maximum absolute atomic E-state index is 13.8. The molecule has 0 aliphatic rings. The molecule has 0 atom stereocenters. The van der Waals surface area contributed by atoms with Crippen molar-refractivity contribution in [2.24, 2.45) is 0 Å². The molecule has 0 spiro atoms. The average Bonchev–Trinajstić information content (AvgIpc) is 3.09. The van der Waals surface area contributed by atoms with Gasteiger partial charge in [0.05, 0.1) is 11.3 Å². The Balaban J connectivity index is 1.67. The minimum Gasteiger partial charge on any atom is -0.487 e. The van der Waals surface area contributed by atoms with Crippen LogP contribution in [0, 0.1) is 5.82 Å². The van der Waals surface area contributed by atoms with Crippen molar-refractivity contribution >= 4 is 17.1 Å². The zero-order valence-corrected chi connectivity index (χ0v) is 14.9. The van der Waals surface area contributed by atoms with Crippen LogP contribution in [0.25, 0.3) is 10.6 Å². The van der Waals surface area contributed by atoms with Gasteiger partial charge in [0.25, 0.3) is 0 Å². The molecular formula is C20H18FNO2S. The summed E-state index contributed by atoms with van der Waals surface area (Å²) >= 11 is 1.55. The van der Waals surface area contributed by atoms with E-state index in [0.29, 0.717) is 5.75 Å². The molecule has 0 saturated carbocycles. The first-order valence-electron chi connectivity index (χ1n) is 8.04. The molecule has 0 amide bonds. The molecular weight excluding hydrogens is 337 g/mol. The number of nitrogens with zero attached hydrogens (tertiary/aromatic N) is 1. The number of ether oxygens (including phenoxy) is 1. The van der Waals surface area contributed by atoms with Gasteiger partial charge in [-0.15, -0.1) is 11.3 Å². The van der Waals surface area contributed by atoms with Gasteiger partial charge >= 0.3 is 0 Å². The number of hydrogen-bond donors (Lipinski definition) is 0. The van der Waals surface area contributed by atoms with Crippen LogP contribution in [-0.2, 0) is 13.0 Å². The van der Waals surface area contributed by atoms with Gasteiger partial charge < -0.3 is 4.74 Å². The zero-order chi connectivity index (χ0) is 17.8. The summed E-state index contributed by atoms with van der Waals surface area (Å²) in [4.78, 5) is 15.8. The van der Waals surface area contributed by atoms with Crippen molar-refractivity contribution in [3.8, 4) is 16.3 Å². The lowest BCUT2D eigenvalue weighted by molar-refractivity contribution is 0.101. The van der Waals surface area contributed by atoms with E-state index in [1.807, 2.05) is 5.38 Å². The summed E-state index contributed by atoms with van der Waals surface area (Å²) < 4.78 is 19.4. The first kappa shape index (κ1) is 17.3. The number of halogens is 1. The number of aryl methyl sites for hydroxylation is 1. The van der Waals surface area contributed by atoms with Crippen LogP contribution in [0.3, 0.4) is 0 Å². The molecule has 3 nitrogen and oxygen atoms in total. The predicted molar refractivity (Wildman–Crippen MR) is 97.7 cm³/mol.